The molecule has 0 atom stereocenters. The van der Waals surface area contributed by atoms with Gasteiger partial charge in [0.05, 0.1) is 0 Å². The molecule has 0 fully saturated rings. The highest BCUT2D eigenvalue weighted by atomic mass is 32.1. The van der Waals surface area contributed by atoms with E-state index in [2.05, 4.69) is 29.0 Å². The molecule has 0 aliphatic heterocycles. The van der Waals surface area contributed by atoms with E-state index < -0.39 is 12.6 Å². The minimum absolute atomic E-state index is 0.184. The van der Waals surface area contributed by atoms with E-state index in [1.807, 2.05) is 6.20 Å². The fourth-order valence-electron chi connectivity index (χ4n) is 1.81. The Bertz CT molecular complexity index is 375. The van der Waals surface area contributed by atoms with E-state index in [4.69, 9.17) is 0 Å². The molecule has 1 aromatic heterocycles. The summed E-state index contributed by atoms with van der Waals surface area (Å²) < 4.78 is 35.8. The molecule has 3 nitrogen and oxygen atoms in total. The summed E-state index contributed by atoms with van der Waals surface area (Å²) in [7, 11) is 0. The Morgan fingerprint density at radius 2 is 1.95 bits per heavy atom. The monoisotopic (exact) mass is 309 g/mol. The number of rotatable bonds is 9. The molecule has 1 N–H and O–H groups in total. The van der Waals surface area contributed by atoms with Crippen molar-refractivity contribution in [2.24, 2.45) is 0 Å². The number of hydrogen-bond acceptors (Lipinski definition) is 4. The van der Waals surface area contributed by atoms with Crippen molar-refractivity contribution in [1.29, 1.82) is 0 Å². The molecule has 20 heavy (non-hydrogen) atoms. The largest absolute Gasteiger partial charge is 0.389 e. The van der Waals surface area contributed by atoms with E-state index >= 15 is 0 Å². The average molecular weight is 309 g/mol. The molecule has 0 amide bonds. The molecule has 1 rings (SSSR count). The van der Waals surface area contributed by atoms with Crippen LogP contribution in [0.15, 0.2) is 6.20 Å². The summed E-state index contributed by atoms with van der Waals surface area (Å²) in [6.45, 7) is 7.30. The maximum atomic E-state index is 11.9. The van der Waals surface area contributed by atoms with E-state index in [0.717, 1.165) is 23.1 Å². The highest BCUT2D eigenvalue weighted by molar-refractivity contribution is 7.15. The SMILES string of the molecule is CCN(CC)c1ncc(CNCCCCC(F)(F)F)s1. The van der Waals surface area contributed by atoms with Gasteiger partial charge in [-0.05, 0) is 33.2 Å². The third kappa shape index (κ3) is 6.56. The number of alkyl halides is 3. The highest BCUT2D eigenvalue weighted by Gasteiger charge is 2.25. The van der Waals surface area contributed by atoms with Gasteiger partial charge in [0.25, 0.3) is 0 Å². The van der Waals surface area contributed by atoms with E-state index in [1.165, 1.54) is 0 Å². The fourth-order valence-corrected chi connectivity index (χ4v) is 2.81. The number of aromatic nitrogens is 1. The number of halogens is 3. The Morgan fingerprint density at radius 3 is 2.55 bits per heavy atom. The molecule has 7 heteroatoms. The lowest BCUT2D eigenvalue weighted by Gasteiger charge is -2.16. The molecule has 0 aromatic carbocycles. The van der Waals surface area contributed by atoms with Crippen LogP contribution < -0.4 is 10.2 Å². The predicted molar refractivity (Wildman–Crippen MR) is 77.3 cm³/mol. The molecule has 0 aliphatic rings. The number of hydrogen-bond donors (Lipinski definition) is 1. The Balaban J connectivity index is 2.19. The first-order valence-corrected chi connectivity index (χ1v) is 7.75. The number of nitrogens with one attached hydrogen (secondary N) is 1. The van der Waals surface area contributed by atoms with Crippen LogP contribution in [0.4, 0.5) is 18.3 Å². The lowest BCUT2D eigenvalue weighted by Crippen LogP contribution is -2.21. The topological polar surface area (TPSA) is 28.2 Å². The van der Waals surface area contributed by atoms with Crippen molar-refractivity contribution in [3.63, 3.8) is 0 Å². The number of anilines is 1. The summed E-state index contributed by atoms with van der Waals surface area (Å²) in [5, 5.41) is 4.16. The van der Waals surface area contributed by atoms with E-state index in [-0.39, 0.29) is 6.42 Å². The molecule has 0 unspecified atom stereocenters. The molecule has 0 radical (unpaired) electrons. The lowest BCUT2D eigenvalue weighted by atomic mass is 10.2. The van der Waals surface area contributed by atoms with Crippen LogP contribution >= 0.6 is 11.3 Å². The molecule has 0 spiro atoms. The smallest absolute Gasteiger partial charge is 0.349 e. The van der Waals surface area contributed by atoms with Gasteiger partial charge in [0.1, 0.15) is 0 Å². The van der Waals surface area contributed by atoms with Crippen LogP contribution in [0.1, 0.15) is 38.0 Å². The second-order valence-corrected chi connectivity index (χ2v) is 5.62. The Labute approximate surface area is 122 Å². The van der Waals surface area contributed by atoms with Crippen molar-refractivity contribution < 1.29 is 13.2 Å². The number of unbranched alkanes of at least 4 members (excludes halogenated alkanes) is 1. The van der Waals surface area contributed by atoms with Gasteiger partial charge in [-0.15, -0.1) is 11.3 Å². The van der Waals surface area contributed by atoms with Crippen LogP contribution in [0, 0.1) is 0 Å². The Kier molecular flexibility index (Phi) is 7.29. The number of thiazole rings is 1. The van der Waals surface area contributed by atoms with Crippen molar-refractivity contribution in [1.82, 2.24) is 10.3 Å². The van der Waals surface area contributed by atoms with Crippen molar-refractivity contribution in [2.75, 3.05) is 24.5 Å². The average Bonchev–Trinajstić information content (AvgIpc) is 2.83. The van der Waals surface area contributed by atoms with Gasteiger partial charge in [-0.1, -0.05) is 0 Å². The van der Waals surface area contributed by atoms with Gasteiger partial charge in [-0.3, -0.25) is 0 Å². The van der Waals surface area contributed by atoms with Crippen molar-refractivity contribution in [3.8, 4) is 0 Å². The second-order valence-electron chi connectivity index (χ2n) is 4.53. The van der Waals surface area contributed by atoms with Gasteiger partial charge in [-0.2, -0.15) is 13.2 Å². The van der Waals surface area contributed by atoms with Gasteiger partial charge in [0, 0.05) is 37.1 Å². The summed E-state index contributed by atoms with van der Waals surface area (Å²) in [5.74, 6) is 0. The van der Waals surface area contributed by atoms with E-state index in [9.17, 15) is 13.2 Å². The van der Waals surface area contributed by atoms with Crippen molar-refractivity contribution >= 4 is 16.5 Å². The molecule has 0 bridgehead atoms. The van der Waals surface area contributed by atoms with E-state index in [1.54, 1.807) is 11.3 Å². The zero-order valence-electron chi connectivity index (χ0n) is 12.0. The fraction of sp³-hybridized carbons (Fsp3) is 0.769. The zero-order valence-corrected chi connectivity index (χ0v) is 12.8. The minimum atomic E-state index is -4.03. The Hall–Kier alpha value is -0.820. The van der Waals surface area contributed by atoms with Crippen molar-refractivity contribution in [3.05, 3.63) is 11.1 Å². The van der Waals surface area contributed by atoms with Gasteiger partial charge < -0.3 is 10.2 Å². The molecule has 1 heterocycles. The highest BCUT2D eigenvalue weighted by Crippen LogP contribution is 2.23. The minimum Gasteiger partial charge on any atom is -0.349 e. The summed E-state index contributed by atoms with van der Waals surface area (Å²) in [6, 6.07) is 0. The van der Waals surface area contributed by atoms with E-state index in [0.29, 0.717) is 19.5 Å². The first-order chi connectivity index (χ1) is 9.46. The van der Waals surface area contributed by atoms with Gasteiger partial charge >= 0.3 is 6.18 Å². The van der Waals surface area contributed by atoms with Crippen LogP contribution in [-0.2, 0) is 6.54 Å². The lowest BCUT2D eigenvalue weighted by molar-refractivity contribution is -0.135. The quantitative estimate of drug-likeness (QED) is 0.703. The van der Waals surface area contributed by atoms with Crippen LogP contribution in [0.2, 0.25) is 0 Å². The van der Waals surface area contributed by atoms with Gasteiger partial charge in [0.2, 0.25) is 0 Å². The third-order valence-electron chi connectivity index (χ3n) is 2.94. The third-order valence-corrected chi connectivity index (χ3v) is 4.00. The maximum Gasteiger partial charge on any atom is 0.389 e. The molecule has 0 saturated heterocycles. The maximum absolute atomic E-state index is 11.9. The van der Waals surface area contributed by atoms with Crippen LogP contribution in [0.25, 0.3) is 0 Å². The molecule has 1 aromatic rings. The molecular formula is C13H22F3N3S. The normalized spacial score (nSPS) is 11.8. The standard InChI is InChI=1S/C13H22F3N3S/c1-3-19(4-2)12-18-10-11(20-12)9-17-8-6-5-7-13(14,15)16/h10,17H,3-9H2,1-2H3. The van der Waals surface area contributed by atoms with Crippen LogP contribution in [0.5, 0.6) is 0 Å². The van der Waals surface area contributed by atoms with Crippen LogP contribution in [-0.4, -0.2) is 30.8 Å². The van der Waals surface area contributed by atoms with Crippen molar-refractivity contribution in [2.45, 2.75) is 45.8 Å². The predicted octanol–water partition coefficient (Wildman–Crippen LogP) is 3.81. The summed E-state index contributed by atoms with van der Waals surface area (Å²) in [4.78, 5) is 7.65. The first kappa shape index (κ1) is 17.2. The van der Waals surface area contributed by atoms with Gasteiger partial charge in [0.15, 0.2) is 5.13 Å². The first-order valence-electron chi connectivity index (χ1n) is 6.93. The summed E-state index contributed by atoms with van der Waals surface area (Å²) in [6.07, 6.45) is -2.16. The summed E-state index contributed by atoms with van der Waals surface area (Å²) >= 11 is 1.63. The van der Waals surface area contributed by atoms with Gasteiger partial charge in [-0.25, -0.2) is 4.98 Å². The molecule has 0 saturated carbocycles. The summed E-state index contributed by atoms with van der Waals surface area (Å²) in [5.41, 5.74) is 0. The Morgan fingerprint density at radius 1 is 1.25 bits per heavy atom. The molecular weight excluding hydrogens is 287 g/mol. The number of nitrogens with zero attached hydrogens (tertiary/aromatic N) is 2. The molecule has 116 valence electrons. The van der Waals surface area contributed by atoms with Crippen LogP contribution in [0.3, 0.4) is 0 Å². The zero-order chi connectivity index (χ0) is 15.0. The second kappa shape index (κ2) is 8.46. The molecule has 0 aliphatic carbocycles.